The van der Waals surface area contributed by atoms with Gasteiger partial charge in [0.25, 0.3) is 5.91 Å². The van der Waals surface area contributed by atoms with Crippen molar-refractivity contribution >= 4 is 5.91 Å². The van der Waals surface area contributed by atoms with Gasteiger partial charge in [0.05, 0.1) is 5.56 Å². The first-order chi connectivity index (χ1) is 9.70. The van der Waals surface area contributed by atoms with Crippen LogP contribution in [0.2, 0.25) is 0 Å². The Labute approximate surface area is 118 Å². The van der Waals surface area contributed by atoms with Crippen LogP contribution >= 0.6 is 0 Å². The minimum atomic E-state index is -0.585. The highest BCUT2D eigenvalue weighted by atomic mass is 19.1. The highest BCUT2D eigenvalue weighted by Gasteiger charge is 2.17. The number of aliphatic hydroxyl groups is 1. The summed E-state index contributed by atoms with van der Waals surface area (Å²) in [6, 6.07) is 4.23. The number of hydrogen-bond donors (Lipinski definition) is 2. The largest absolute Gasteiger partial charge is 0.384 e. The van der Waals surface area contributed by atoms with Crippen LogP contribution in [0.5, 0.6) is 0 Å². The van der Waals surface area contributed by atoms with E-state index in [9.17, 15) is 9.18 Å². The van der Waals surface area contributed by atoms with Crippen LogP contribution < -0.4 is 5.32 Å². The van der Waals surface area contributed by atoms with Crippen molar-refractivity contribution in [2.24, 2.45) is 5.92 Å². The average Bonchev–Trinajstić information content (AvgIpc) is 2.96. The van der Waals surface area contributed by atoms with Crippen LogP contribution in [0, 0.1) is 23.6 Å². The molecule has 1 fully saturated rings. The van der Waals surface area contributed by atoms with Crippen LogP contribution in [0.15, 0.2) is 18.2 Å². The van der Waals surface area contributed by atoms with Crippen LogP contribution in [0.25, 0.3) is 0 Å². The van der Waals surface area contributed by atoms with Gasteiger partial charge in [0.1, 0.15) is 12.4 Å². The number of aliphatic hydroxyl groups excluding tert-OH is 1. The van der Waals surface area contributed by atoms with Gasteiger partial charge in [-0.25, -0.2) is 4.39 Å². The molecule has 0 radical (unpaired) electrons. The summed E-state index contributed by atoms with van der Waals surface area (Å²) in [5.41, 5.74) is 0.487. The molecule has 0 aromatic heterocycles. The zero-order valence-electron chi connectivity index (χ0n) is 11.3. The maximum atomic E-state index is 13.8. The Balaban J connectivity index is 1.98. The molecule has 1 saturated carbocycles. The lowest BCUT2D eigenvalue weighted by Crippen LogP contribution is -2.29. The van der Waals surface area contributed by atoms with E-state index in [0.717, 1.165) is 12.8 Å². The van der Waals surface area contributed by atoms with Crippen molar-refractivity contribution in [3.63, 3.8) is 0 Å². The zero-order valence-corrected chi connectivity index (χ0v) is 11.3. The lowest BCUT2D eigenvalue weighted by molar-refractivity contribution is 0.0943. The van der Waals surface area contributed by atoms with E-state index in [-0.39, 0.29) is 18.1 Å². The van der Waals surface area contributed by atoms with Crippen molar-refractivity contribution < 1.29 is 14.3 Å². The molecular weight excluding hydrogens is 257 g/mol. The third-order valence-corrected chi connectivity index (χ3v) is 3.55. The lowest BCUT2D eigenvalue weighted by atomic mass is 10.1. The van der Waals surface area contributed by atoms with E-state index >= 15 is 0 Å². The molecule has 3 nitrogen and oxygen atoms in total. The molecule has 20 heavy (non-hydrogen) atoms. The third-order valence-electron chi connectivity index (χ3n) is 3.55. The van der Waals surface area contributed by atoms with E-state index in [1.54, 1.807) is 6.07 Å². The minimum Gasteiger partial charge on any atom is -0.384 e. The second-order valence-corrected chi connectivity index (χ2v) is 5.02. The molecule has 0 heterocycles. The molecule has 0 saturated heterocycles. The molecule has 0 spiro atoms. The van der Waals surface area contributed by atoms with E-state index in [4.69, 9.17) is 5.11 Å². The lowest BCUT2D eigenvalue weighted by Gasteiger charge is -2.11. The van der Waals surface area contributed by atoms with Crippen molar-refractivity contribution in [2.45, 2.75) is 25.7 Å². The predicted molar refractivity (Wildman–Crippen MR) is 74.7 cm³/mol. The molecule has 0 unspecified atom stereocenters. The second-order valence-electron chi connectivity index (χ2n) is 5.02. The minimum absolute atomic E-state index is 0.0394. The Morgan fingerprint density at radius 2 is 2.15 bits per heavy atom. The van der Waals surface area contributed by atoms with Crippen LogP contribution in [0.3, 0.4) is 0 Å². The van der Waals surface area contributed by atoms with Gasteiger partial charge in [-0.1, -0.05) is 24.7 Å². The van der Waals surface area contributed by atoms with Crippen molar-refractivity contribution in [1.29, 1.82) is 0 Å². The molecular formula is C16H18FNO2. The normalized spacial score (nSPS) is 14.7. The first kappa shape index (κ1) is 14.5. The maximum absolute atomic E-state index is 13.8. The number of carbonyl (C=O) groups is 1. The van der Waals surface area contributed by atoms with Gasteiger partial charge in [0.2, 0.25) is 0 Å². The summed E-state index contributed by atoms with van der Waals surface area (Å²) in [5.74, 6) is 4.61. The second kappa shape index (κ2) is 7.06. The molecule has 4 heteroatoms. The van der Waals surface area contributed by atoms with Crippen LogP contribution in [0.1, 0.15) is 41.6 Å². The van der Waals surface area contributed by atoms with E-state index in [1.807, 2.05) is 0 Å². The Morgan fingerprint density at radius 3 is 2.80 bits per heavy atom. The van der Waals surface area contributed by atoms with Crippen molar-refractivity contribution in [1.82, 2.24) is 5.32 Å². The monoisotopic (exact) mass is 275 g/mol. The fourth-order valence-electron chi connectivity index (χ4n) is 2.47. The molecule has 2 rings (SSSR count). The molecule has 1 aromatic rings. The Hall–Kier alpha value is -1.86. The predicted octanol–water partition coefficient (Wildman–Crippen LogP) is 2.09. The number of carbonyl (C=O) groups excluding carboxylic acids is 1. The van der Waals surface area contributed by atoms with Gasteiger partial charge in [0, 0.05) is 12.1 Å². The van der Waals surface area contributed by atoms with Gasteiger partial charge < -0.3 is 10.4 Å². The molecule has 1 amide bonds. The summed E-state index contributed by atoms with van der Waals surface area (Å²) in [6.45, 7) is 0.343. The van der Waals surface area contributed by atoms with Crippen LogP contribution in [-0.4, -0.2) is 24.2 Å². The first-order valence-corrected chi connectivity index (χ1v) is 6.88. The summed E-state index contributed by atoms with van der Waals surface area (Å²) >= 11 is 0. The highest BCUT2D eigenvalue weighted by molar-refractivity contribution is 5.94. The van der Waals surface area contributed by atoms with Crippen LogP contribution in [-0.2, 0) is 0 Å². The SMILES string of the molecule is O=C(NCC1CCCC1)c1ccc(C#CCO)cc1F. The number of nitrogens with one attached hydrogen (secondary N) is 1. The quantitative estimate of drug-likeness (QED) is 0.830. The van der Waals surface area contributed by atoms with E-state index < -0.39 is 5.82 Å². The molecule has 0 aliphatic heterocycles. The summed E-state index contributed by atoms with van der Waals surface area (Å²) in [7, 11) is 0. The summed E-state index contributed by atoms with van der Waals surface area (Å²) < 4.78 is 13.8. The molecule has 2 N–H and O–H groups in total. The van der Waals surface area contributed by atoms with Gasteiger partial charge in [-0.3, -0.25) is 4.79 Å². The zero-order chi connectivity index (χ0) is 14.4. The standard InChI is InChI=1S/C16H18FNO2/c17-15-10-12(6-3-9-19)7-8-14(15)16(20)18-11-13-4-1-2-5-13/h7-8,10,13,19H,1-2,4-5,9,11H2,(H,18,20). The molecule has 106 valence electrons. The van der Waals surface area contributed by atoms with Crippen molar-refractivity contribution in [2.75, 3.05) is 13.2 Å². The number of rotatable bonds is 3. The van der Waals surface area contributed by atoms with E-state index in [0.29, 0.717) is 18.0 Å². The topological polar surface area (TPSA) is 49.3 Å². The Kier molecular flexibility index (Phi) is 5.14. The number of amides is 1. The maximum Gasteiger partial charge on any atom is 0.254 e. The third kappa shape index (κ3) is 3.82. The fraction of sp³-hybridized carbons (Fsp3) is 0.438. The van der Waals surface area contributed by atoms with Gasteiger partial charge in [0.15, 0.2) is 0 Å². The van der Waals surface area contributed by atoms with Crippen LogP contribution in [0.4, 0.5) is 4.39 Å². The van der Waals surface area contributed by atoms with Crippen molar-refractivity contribution in [3.05, 3.63) is 35.1 Å². The van der Waals surface area contributed by atoms with E-state index in [1.165, 1.54) is 25.0 Å². The van der Waals surface area contributed by atoms with Gasteiger partial charge in [-0.05, 0) is 37.0 Å². The molecule has 1 aromatic carbocycles. The molecule has 1 aliphatic carbocycles. The summed E-state index contributed by atoms with van der Waals surface area (Å²) in [4.78, 5) is 11.9. The van der Waals surface area contributed by atoms with Crippen molar-refractivity contribution in [3.8, 4) is 11.8 Å². The van der Waals surface area contributed by atoms with E-state index in [2.05, 4.69) is 17.2 Å². The highest BCUT2D eigenvalue weighted by Crippen LogP contribution is 2.23. The number of hydrogen-bond acceptors (Lipinski definition) is 2. The fourth-order valence-corrected chi connectivity index (χ4v) is 2.47. The Bertz CT molecular complexity index is 539. The number of halogens is 1. The summed E-state index contributed by atoms with van der Waals surface area (Å²) in [5, 5.41) is 11.4. The van der Waals surface area contributed by atoms with Gasteiger partial charge >= 0.3 is 0 Å². The molecule has 0 atom stereocenters. The average molecular weight is 275 g/mol. The Morgan fingerprint density at radius 1 is 1.40 bits per heavy atom. The molecule has 0 bridgehead atoms. The van der Waals surface area contributed by atoms with Gasteiger partial charge in [-0.15, -0.1) is 0 Å². The molecule has 1 aliphatic rings. The van der Waals surface area contributed by atoms with Gasteiger partial charge in [-0.2, -0.15) is 0 Å². The number of benzene rings is 1. The smallest absolute Gasteiger partial charge is 0.254 e. The summed E-state index contributed by atoms with van der Waals surface area (Å²) in [6.07, 6.45) is 4.71. The first-order valence-electron chi connectivity index (χ1n) is 6.88.